The second-order valence-corrected chi connectivity index (χ2v) is 10.1. The van der Waals surface area contributed by atoms with Gasteiger partial charge in [0.25, 0.3) is 0 Å². The number of hydrogen-bond acceptors (Lipinski definition) is 4. The number of amides is 2. The van der Waals surface area contributed by atoms with E-state index in [1.54, 1.807) is 11.0 Å². The van der Waals surface area contributed by atoms with Crippen LogP contribution in [0.25, 0.3) is 0 Å². The first-order valence-corrected chi connectivity index (χ1v) is 12.3. The molecule has 200 valence electrons. The lowest BCUT2D eigenvalue weighted by molar-refractivity contribution is -0.138. The lowest BCUT2D eigenvalue weighted by atomic mass is 9.87. The molecule has 0 bridgehead atoms. The predicted molar refractivity (Wildman–Crippen MR) is 131 cm³/mol. The molecule has 2 aliphatic heterocycles. The Balaban J connectivity index is 1.45. The number of halogens is 4. The number of nitrogens with one attached hydrogen (secondary N) is 1. The van der Waals surface area contributed by atoms with Gasteiger partial charge in [-0.3, -0.25) is 9.59 Å². The summed E-state index contributed by atoms with van der Waals surface area (Å²) in [6, 6.07) is 9.04. The van der Waals surface area contributed by atoms with Crippen molar-refractivity contribution in [3.05, 3.63) is 65.0 Å². The van der Waals surface area contributed by atoms with Crippen LogP contribution in [0.15, 0.2) is 42.5 Å². The van der Waals surface area contributed by atoms with Gasteiger partial charge in [-0.2, -0.15) is 13.2 Å². The lowest BCUT2D eigenvalue weighted by Crippen LogP contribution is -2.43. The highest BCUT2D eigenvalue weighted by Crippen LogP contribution is 2.40. The molecule has 1 unspecified atom stereocenters. The van der Waals surface area contributed by atoms with Crippen molar-refractivity contribution in [2.75, 3.05) is 50.8 Å². The van der Waals surface area contributed by atoms with Crippen molar-refractivity contribution in [1.82, 2.24) is 10.2 Å². The van der Waals surface area contributed by atoms with Gasteiger partial charge in [0.1, 0.15) is 5.82 Å². The molecular formula is C27H31F4N3O3. The molecule has 0 saturated carbocycles. The molecule has 37 heavy (non-hydrogen) atoms. The minimum atomic E-state index is -4.50. The smallest absolute Gasteiger partial charge is 0.378 e. The number of hydrogen-bond donors (Lipinski definition) is 1. The molecule has 0 aliphatic carbocycles. The topological polar surface area (TPSA) is 61.9 Å². The van der Waals surface area contributed by atoms with Gasteiger partial charge in [-0.25, -0.2) is 4.39 Å². The molecule has 6 nitrogen and oxygen atoms in total. The van der Waals surface area contributed by atoms with E-state index >= 15 is 0 Å². The van der Waals surface area contributed by atoms with Crippen molar-refractivity contribution in [2.24, 2.45) is 0 Å². The number of carbonyl (C=O) groups excluding carboxylic acids is 2. The van der Waals surface area contributed by atoms with Gasteiger partial charge in [-0.1, -0.05) is 26.0 Å². The van der Waals surface area contributed by atoms with Crippen molar-refractivity contribution >= 4 is 17.5 Å². The van der Waals surface area contributed by atoms with Crippen LogP contribution in [-0.2, 0) is 25.9 Å². The van der Waals surface area contributed by atoms with Crippen LogP contribution >= 0.6 is 0 Å². The Bertz CT molecular complexity index is 1130. The van der Waals surface area contributed by atoms with Crippen LogP contribution in [-0.4, -0.2) is 62.7 Å². The molecular weight excluding hydrogens is 490 g/mol. The molecule has 2 aromatic rings. The number of fused-ring (bicyclic) bond motifs is 1. The van der Waals surface area contributed by atoms with E-state index in [2.05, 4.69) is 10.2 Å². The zero-order chi connectivity index (χ0) is 26.8. The quantitative estimate of drug-likeness (QED) is 0.558. The third-order valence-electron chi connectivity index (χ3n) is 6.99. The number of morpholine rings is 1. The average molecular weight is 522 g/mol. The standard InChI is InChI=1S/C27H31F4N3O3/c1-26(2)17-34(23-8-7-20(28)15-22(23)26)10-9-32-25(36)21(16-24(35)33-11-13-37-14-12-33)18-3-5-19(6-4-18)27(29,30)31/h3-8,15,21H,9-14,16-17H2,1-2H3,(H,32,36). The SMILES string of the molecule is CC1(C)CN(CCNC(=O)C(CC(=O)N2CCOCC2)c2ccc(C(F)(F)F)cc2)c2ccc(F)cc21. The van der Waals surface area contributed by atoms with Gasteiger partial charge in [-0.15, -0.1) is 0 Å². The average Bonchev–Trinajstić information content (AvgIpc) is 3.11. The van der Waals surface area contributed by atoms with E-state index in [1.165, 1.54) is 24.3 Å². The summed E-state index contributed by atoms with van der Waals surface area (Å²) >= 11 is 0. The molecule has 10 heteroatoms. The number of carbonyl (C=O) groups is 2. The van der Waals surface area contributed by atoms with Crippen LogP contribution in [0.4, 0.5) is 23.2 Å². The molecule has 1 fully saturated rings. The van der Waals surface area contributed by atoms with E-state index in [9.17, 15) is 27.2 Å². The first-order valence-electron chi connectivity index (χ1n) is 12.3. The number of rotatable bonds is 7. The Morgan fingerprint density at radius 1 is 1.08 bits per heavy atom. The summed E-state index contributed by atoms with van der Waals surface area (Å²) in [7, 11) is 0. The predicted octanol–water partition coefficient (Wildman–Crippen LogP) is 4.09. The Kier molecular flexibility index (Phi) is 7.77. The van der Waals surface area contributed by atoms with Gasteiger partial charge in [0, 0.05) is 50.2 Å². The number of benzene rings is 2. The Morgan fingerprint density at radius 3 is 2.41 bits per heavy atom. The number of alkyl halides is 3. The molecule has 1 saturated heterocycles. The molecule has 0 aromatic heterocycles. The van der Waals surface area contributed by atoms with Crippen LogP contribution in [0.5, 0.6) is 0 Å². The highest BCUT2D eigenvalue weighted by atomic mass is 19.4. The van der Waals surface area contributed by atoms with Gasteiger partial charge >= 0.3 is 6.18 Å². The number of anilines is 1. The molecule has 4 rings (SSSR count). The van der Waals surface area contributed by atoms with Crippen molar-refractivity contribution in [1.29, 1.82) is 0 Å². The molecule has 2 heterocycles. The second-order valence-electron chi connectivity index (χ2n) is 10.1. The van der Waals surface area contributed by atoms with Crippen LogP contribution in [0, 0.1) is 5.82 Å². The van der Waals surface area contributed by atoms with E-state index in [-0.39, 0.29) is 30.1 Å². The summed E-state index contributed by atoms with van der Waals surface area (Å²) in [5.41, 5.74) is 1.08. The summed E-state index contributed by atoms with van der Waals surface area (Å²) in [4.78, 5) is 29.8. The zero-order valence-electron chi connectivity index (χ0n) is 20.9. The Morgan fingerprint density at radius 2 is 1.76 bits per heavy atom. The summed E-state index contributed by atoms with van der Waals surface area (Å²) in [5, 5.41) is 2.86. The van der Waals surface area contributed by atoms with Gasteiger partial charge in [-0.05, 0) is 41.5 Å². The maximum atomic E-state index is 13.8. The van der Waals surface area contributed by atoms with E-state index in [1.807, 2.05) is 13.8 Å². The van der Waals surface area contributed by atoms with Crippen LogP contribution < -0.4 is 10.2 Å². The molecule has 2 aliphatic rings. The zero-order valence-corrected chi connectivity index (χ0v) is 20.9. The molecule has 0 spiro atoms. The molecule has 1 atom stereocenters. The van der Waals surface area contributed by atoms with Crippen LogP contribution in [0.1, 0.15) is 42.9 Å². The highest BCUT2D eigenvalue weighted by molar-refractivity contribution is 5.89. The van der Waals surface area contributed by atoms with E-state index in [0.29, 0.717) is 45.0 Å². The monoisotopic (exact) mass is 521 g/mol. The number of nitrogens with zero attached hydrogens (tertiary/aromatic N) is 2. The molecule has 0 radical (unpaired) electrons. The fraction of sp³-hybridized carbons (Fsp3) is 0.481. The van der Waals surface area contributed by atoms with Gasteiger partial charge in [0.15, 0.2) is 0 Å². The lowest BCUT2D eigenvalue weighted by Gasteiger charge is -2.28. The van der Waals surface area contributed by atoms with Crippen molar-refractivity contribution < 1.29 is 31.9 Å². The van der Waals surface area contributed by atoms with E-state index < -0.39 is 23.6 Å². The van der Waals surface area contributed by atoms with Crippen molar-refractivity contribution in [3.63, 3.8) is 0 Å². The maximum Gasteiger partial charge on any atom is 0.416 e. The molecule has 2 aromatic carbocycles. The fourth-order valence-corrected chi connectivity index (χ4v) is 4.99. The second kappa shape index (κ2) is 10.7. The fourth-order valence-electron chi connectivity index (χ4n) is 4.99. The van der Waals surface area contributed by atoms with Crippen molar-refractivity contribution in [2.45, 2.75) is 37.8 Å². The first kappa shape index (κ1) is 26.9. The van der Waals surface area contributed by atoms with E-state index in [4.69, 9.17) is 4.74 Å². The third kappa shape index (κ3) is 6.23. The Labute approximate surface area is 213 Å². The maximum absolute atomic E-state index is 13.8. The minimum absolute atomic E-state index is 0.157. The summed E-state index contributed by atoms with van der Waals surface area (Å²) < 4.78 is 58.2. The normalized spacial score (nSPS) is 17.9. The summed E-state index contributed by atoms with van der Waals surface area (Å²) in [6.07, 6.45) is -4.65. The van der Waals surface area contributed by atoms with Crippen LogP contribution in [0.3, 0.4) is 0 Å². The third-order valence-corrected chi connectivity index (χ3v) is 6.99. The number of ether oxygens (including phenoxy) is 1. The van der Waals surface area contributed by atoms with Gasteiger partial charge in [0.2, 0.25) is 11.8 Å². The minimum Gasteiger partial charge on any atom is -0.378 e. The molecule has 2 amide bonds. The molecule has 1 N–H and O–H groups in total. The highest BCUT2D eigenvalue weighted by Gasteiger charge is 2.36. The van der Waals surface area contributed by atoms with Gasteiger partial charge < -0.3 is 19.9 Å². The largest absolute Gasteiger partial charge is 0.416 e. The van der Waals surface area contributed by atoms with Crippen LogP contribution in [0.2, 0.25) is 0 Å². The van der Waals surface area contributed by atoms with Crippen molar-refractivity contribution in [3.8, 4) is 0 Å². The summed E-state index contributed by atoms with van der Waals surface area (Å²) in [5.74, 6) is -1.92. The van der Waals surface area contributed by atoms with Gasteiger partial charge in [0.05, 0.1) is 24.7 Å². The Hall–Kier alpha value is -3.14. The van der Waals surface area contributed by atoms with E-state index in [0.717, 1.165) is 23.4 Å². The first-order chi connectivity index (χ1) is 17.5. The summed E-state index contributed by atoms with van der Waals surface area (Å²) in [6.45, 7) is 7.05.